The second kappa shape index (κ2) is 5.85. The molecular weight excluding hydrogens is 214 g/mol. The monoisotopic (exact) mass is 241 g/mol. The summed E-state index contributed by atoms with van der Waals surface area (Å²) in [6.07, 6.45) is 3.19. The molecule has 3 heteroatoms. The Morgan fingerprint density at radius 2 is 1.88 bits per heavy atom. The maximum absolute atomic E-state index is 12.2. The molecule has 0 saturated carbocycles. The third-order valence-electron chi connectivity index (χ3n) is 3.38. The zero-order chi connectivity index (χ0) is 13.1. The largest absolute Gasteiger partial charge is 0.363 e. The summed E-state index contributed by atoms with van der Waals surface area (Å²) in [5.74, 6) is 0.951. The van der Waals surface area contributed by atoms with E-state index in [2.05, 4.69) is 6.92 Å². The van der Waals surface area contributed by atoms with Crippen LogP contribution in [0, 0.1) is 5.92 Å². The van der Waals surface area contributed by atoms with E-state index in [1.54, 1.807) is 0 Å². The Hall–Kier alpha value is -0.570. The summed E-state index contributed by atoms with van der Waals surface area (Å²) in [7, 11) is 0. The van der Waals surface area contributed by atoms with Crippen molar-refractivity contribution in [1.82, 2.24) is 4.90 Å². The fourth-order valence-corrected chi connectivity index (χ4v) is 2.40. The molecule has 0 spiro atoms. The topological polar surface area (TPSA) is 29.5 Å². The van der Waals surface area contributed by atoms with Crippen molar-refractivity contribution in [3.63, 3.8) is 0 Å². The zero-order valence-corrected chi connectivity index (χ0v) is 12.0. The van der Waals surface area contributed by atoms with Gasteiger partial charge in [0.15, 0.2) is 0 Å². The molecule has 0 aromatic rings. The van der Waals surface area contributed by atoms with Gasteiger partial charge in [0.1, 0.15) is 6.10 Å². The van der Waals surface area contributed by atoms with Crippen LogP contribution in [0.15, 0.2) is 0 Å². The van der Waals surface area contributed by atoms with Crippen molar-refractivity contribution in [2.75, 3.05) is 13.1 Å². The molecule has 0 aliphatic carbocycles. The second-order valence-corrected chi connectivity index (χ2v) is 6.05. The summed E-state index contributed by atoms with van der Waals surface area (Å²) in [5, 5.41) is 0. The molecule has 0 aromatic carbocycles. The van der Waals surface area contributed by atoms with Gasteiger partial charge >= 0.3 is 0 Å². The van der Waals surface area contributed by atoms with Crippen molar-refractivity contribution in [3.8, 4) is 0 Å². The van der Waals surface area contributed by atoms with E-state index in [0.717, 1.165) is 31.8 Å². The van der Waals surface area contributed by atoms with Gasteiger partial charge < -0.3 is 9.64 Å². The SMILES string of the molecule is CCC1CCN(C(=O)C(C)OC(C)(C)C)CC1. The highest BCUT2D eigenvalue weighted by Gasteiger charge is 2.28. The molecule has 0 bridgehead atoms. The lowest BCUT2D eigenvalue weighted by molar-refractivity contribution is -0.152. The predicted octanol–water partition coefficient (Wildman–Crippen LogP) is 2.84. The minimum Gasteiger partial charge on any atom is -0.363 e. The van der Waals surface area contributed by atoms with Crippen molar-refractivity contribution in [2.45, 2.75) is 65.6 Å². The van der Waals surface area contributed by atoms with Crippen LogP contribution in [0.5, 0.6) is 0 Å². The third kappa shape index (κ3) is 4.66. The van der Waals surface area contributed by atoms with E-state index in [0.29, 0.717) is 0 Å². The molecule has 0 aromatic heterocycles. The molecule has 1 unspecified atom stereocenters. The Balaban J connectivity index is 2.43. The van der Waals surface area contributed by atoms with Crippen molar-refractivity contribution >= 4 is 5.91 Å². The van der Waals surface area contributed by atoms with Crippen LogP contribution in [-0.2, 0) is 9.53 Å². The molecule has 17 heavy (non-hydrogen) atoms. The minimum absolute atomic E-state index is 0.148. The van der Waals surface area contributed by atoms with Gasteiger partial charge in [-0.2, -0.15) is 0 Å². The van der Waals surface area contributed by atoms with Crippen LogP contribution >= 0.6 is 0 Å². The van der Waals surface area contributed by atoms with Gasteiger partial charge in [-0.05, 0) is 46.5 Å². The van der Waals surface area contributed by atoms with Gasteiger partial charge in [0.05, 0.1) is 5.60 Å². The van der Waals surface area contributed by atoms with Gasteiger partial charge in [-0.1, -0.05) is 13.3 Å². The van der Waals surface area contributed by atoms with E-state index >= 15 is 0 Å². The Labute approximate surface area is 106 Å². The molecule has 0 radical (unpaired) electrons. The van der Waals surface area contributed by atoms with Crippen LogP contribution in [0.2, 0.25) is 0 Å². The number of nitrogens with zero attached hydrogens (tertiary/aromatic N) is 1. The first-order chi connectivity index (χ1) is 7.83. The number of carbonyl (C=O) groups excluding carboxylic acids is 1. The van der Waals surface area contributed by atoms with E-state index in [-0.39, 0.29) is 17.6 Å². The number of piperidine rings is 1. The summed E-state index contributed by atoms with van der Waals surface area (Å²) in [5.41, 5.74) is -0.253. The van der Waals surface area contributed by atoms with Crippen molar-refractivity contribution < 1.29 is 9.53 Å². The number of hydrogen-bond donors (Lipinski definition) is 0. The average Bonchev–Trinajstić information content (AvgIpc) is 2.26. The Kier molecular flexibility index (Phi) is 4.99. The summed E-state index contributed by atoms with van der Waals surface area (Å²) < 4.78 is 5.71. The number of ether oxygens (including phenoxy) is 1. The molecule has 1 amide bonds. The maximum Gasteiger partial charge on any atom is 0.251 e. The Bertz CT molecular complexity index is 249. The van der Waals surface area contributed by atoms with Gasteiger partial charge in [0.25, 0.3) is 5.91 Å². The molecule has 1 rings (SSSR count). The third-order valence-corrected chi connectivity index (χ3v) is 3.38. The zero-order valence-electron chi connectivity index (χ0n) is 12.0. The lowest BCUT2D eigenvalue weighted by atomic mass is 9.94. The highest BCUT2D eigenvalue weighted by atomic mass is 16.5. The lowest BCUT2D eigenvalue weighted by Crippen LogP contribution is -2.45. The van der Waals surface area contributed by atoms with E-state index in [1.165, 1.54) is 6.42 Å². The summed E-state index contributed by atoms with van der Waals surface area (Å²) in [6, 6.07) is 0. The van der Waals surface area contributed by atoms with Gasteiger partial charge in [0.2, 0.25) is 0 Å². The van der Waals surface area contributed by atoms with Crippen LogP contribution in [0.25, 0.3) is 0 Å². The van der Waals surface area contributed by atoms with Gasteiger partial charge in [-0.3, -0.25) is 4.79 Å². The first-order valence-corrected chi connectivity index (χ1v) is 6.80. The standard InChI is InChI=1S/C14H27NO2/c1-6-12-7-9-15(10-8-12)13(16)11(2)17-14(3,4)5/h11-12H,6-10H2,1-5H3. The molecule has 1 heterocycles. The molecule has 0 N–H and O–H groups in total. The molecule has 1 saturated heterocycles. The fraction of sp³-hybridized carbons (Fsp3) is 0.929. The van der Waals surface area contributed by atoms with E-state index < -0.39 is 0 Å². The van der Waals surface area contributed by atoms with E-state index in [9.17, 15) is 4.79 Å². The van der Waals surface area contributed by atoms with E-state index in [4.69, 9.17) is 4.74 Å². The molecule has 3 nitrogen and oxygen atoms in total. The number of hydrogen-bond acceptors (Lipinski definition) is 2. The molecule has 100 valence electrons. The molecular formula is C14H27NO2. The normalized spacial score (nSPS) is 20.4. The number of amides is 1. The maximum atomic E-state index is 12.2. The highest BCUT2D eigenvalue weighted by molar-refractivity contribution is 5.80. The number of rotatable bonds is 3. The summed E-state index contributed by atoms with van der Waals surface area (Å²) in [4.78, 5) is 14.1. The predicted molar refractivity (Wildman–Crippen MR) is 69.9 cm³/mol. The van der Waals surface area contributed by atoms with Gasteiger partial charge in [0, 0.05) is 13.1 Å². The summed E-state index contributed by atoms with van der Waals surface area (Å²) in [6.45, 7) is 11.8. The number of likely N-dealkylation sites (tertiary alicyclic amines) is 1. The van der Waals surface area contributed by atoms with Gasteiger partial charge in [-0.25, -0.2) is 0 Å². The molecule has 1 aliphatic heterocycles. The van der Waals surface area contributed by atoms with Gasteiger partial charge in [-0.15, -0.1) is 0 Å². The minimum atomic E-state index is -0.326. The average molecular weight is 241 g/mol. The van der Waals surface area contributed by atoms with E-state index in [1.807, 2.05) is 32.6 Å². The molecule has 1 atom stereocenters. The van der Waals surface area contributed by atoms with Crippen LogP contribution in [0.4, 0.5) is 0 Å². The first kappa shape index (κ1) is 14.5. The lowest BCUT2D eigenvalue weighted by Gasteiger charge is -2.34. The molecule has 1 aliphatic rings. The number of carbonyl (C=O) groups is 1. The van der Waals surface area contributed by atoms with Crippen molar-refractivity contribution in [1.29, 1.82) is 0 Å². The summed E-state index contributed by atoms with van der Waals surface area (Å²) >= 11 is 0. The molecule has 1 fully saturated rings. The highest BCUT2D eigenvalue weighted by Crippen LogP contribution is 2.21. The second-order valence-electron chi connectivity index (χ2n) is 6.05. The van der Waals surface area contributed by atoms with Crippen LogP contribution < -0.4 is 0 Å². The smallest absolute Gasteiger partial charge is 0.251 e. The van der Waals surface area contributed by atoms with Crippen molar-refractivity contribution in [3.05, 3.63) is 0 Å². The quantitative estimate of drug-likeness (QED) is 0.760. The van der Waals surface area contributed by atoms with Crippen molar-refractivity contribution in [2.24, 2.45) is 5.92 Å². The van der Waals surface area contributed by atoms with Crippen LogP contribution in [0.3, 0.4) is 0 Å². The van der Waals surface area contributed by atoms with Crippen LogP contribution in [-0.4, -0.2) is 35.6 Å². The fourth-order valence-electron chi connectivity index (χ4n) is 2.40. The first-order valence-electron chi connectivity index (χ1n) is 6.80. The Morgan fingerprint density at radius 1 is 1.35 bits per heavy atom. The van der Waals surface area contributed by atoms with Crippen LogP contribution in [0.1, 0.15) is 53.9 Å². The Morgan fingerprint density at radius 3 is 2.29 bits per heavy atom.